The number of rotatable bonds is 8. The molecule has 0 aromatic heterocycles. The third-order valence-corrected chi connectivity index (χ3v) is 6.83. The molecule has 6 heteroatoms. The molecule has 0 radical (unpaired) electrons. The Morgan fingerprint density at radius 1 is 1.13 bits per heavy atom. The molecule has 1 atom stereocenters. The summed E-state index contributed by atoms with van der Waals surface area (Å²) in [5.41, 5.74) is 0. The molecule has 1 unspecified atom stereocenters. The zero-order valence-electron chi connectivity index (χ0n) is 9.78. The monoisotopic (exact) mass is 253 g/mol. The van der Waals surface area contributed by atoms with E-state index in [9.17, 15) is 4.79 Å². The summed E-state index contributed by atoms with van der Waals surface area (Å²) in [4.78, 5) is 13.9. The normalized spacial score (nSPS) is 13.3. The zero-order chi connectivity index (χ0) is 11.7. The van der Waals surface area contributed by atoms with Gasteiger partial charge in [-0.05, 0) is 0 Å². The van der Waals surface area contributed by atoms with Gasteiger partial charge in [-0.3, -0.25) is 0 Å². The summed E-state index contributed by atoms with van der Waals surface area (Å²) in [6.45, 7) is 8.88. The van der Waals surface area contributed by atoms with E-state index in [1.165, 1.54) is 6.08 Å². The van der Waals surface area contributed by atoms with Gasteiger partial charge in [-0.1, -0.05) is 0 Å². The molecule has 0 aliphatic rings. The van der Waals surface area contributed by atoms with E-state index in [1.807, 2.05) is 20.8 Å². The van der Waals surface area contributed by atoms with Gasteiger partial charge in [0.15, 0.2) is 0 Å². The van der Waals surface area contributed by atoms with Gasteiger partial charge in [-0.2, -0.15) is 0 Å². The van der Waals surface area contributed by atoms with E-state index in [0.29, 0.717) is 19.8 Å². The first-order chi connectivity index (χ1) is 7.16. The second-order valence-corrected chi connectivity index (χ2v) is 7.34. The van der Waals surface area contributed by atoms with Crippen LogP contribution in [0.25, 0.3) is 0 Å². The molecule has 0 saturated carbocycles. The molecule has 0 N–H and O–H groups in total. The van der Waals surface area contributed by atoms with Crippen molar-refractivity contribution in [1.82, 2.24) is 0 Å². The van der Waals surface area contributed by atoms with Gasteiger partial charge in [0.2, 0.25) is 0 Å². The second-order valence-electron chi connectivity index (χ2n) is 2.80. The van der Waals surface area contributed by atoms with E-state index >= 15 is 0 Å². The van der Waals surface area contributed by atoms with Crippen molar-refractivity contribution in [3.8, 4) is 0 Å². The first-order valence-corrected chi connectivity index (χ1v) is 7.97. The van der Waals surface area contributed by atoms with Gasteiger partial charge >= 0.3 is 95.4 Å². The predicted octanol–water partition coefficient (Wildman–Crippen LogP) is 1.68. The molecule has 0 saturated heterocycles. The van der Waals surface area contributed by atoms with Crippen molar-refractivity contribution < 1.29 is 32.5 Å². The molecule has 0 aromatic rings. The maximum absolute atomic E-state index is 10.2. The van der Waals surface area contributed by atoms with E-state index in [4.69, 9.17) is 9.96 Å². The fourth-order valence-corrected chi connectivity index (χ4v) is 4.98. The van der Waals surface area contributed by atoms with Crippen LogP contribution in [0.4, 0.5) is 0 Å². The summed E-state index contributed by atoms with van der Waals surface area (Å²) >= 11 is -3.40. The fraction of sp³-hybridized carbons (Fsp3) is 0.889. The molecule has 0 aromatic carbocycles. The number of isocyanates is 1. The van der Waals surface area contributed by atoms with Crippen LogP contribution in [-0.4, -0.2) is 30.2 Å². The van der Waals surface area contributed by atoms with Crippen LogP contribution in [-0.2, 0) is 32.5 Å². The van der Waals surface area contributed by atoms with Crippen molar-refractivity contribution in [3.05, 3.63) is 0 Å². The Morgan fingerprint density at radius 2 is 1.53 bits per heavy atom. The van der Waals surface area contributed by atoms with Gasteiger partial charge in [-0.15, -0.1) is 0 Å². The van der Waals surface area contributed by atoms with Crippen molar-refractivity contribution >= 4 is 6.08 Å². The van der Waals surface area contributed by atoms with E-state index in [-0.39, 0.29) is 4.35 Å². The minimum atomic E-state index is -3.40. The van der Waals surface area contributed by atoms with Crippen LogP contribution in [0.3, 0.4) is 0 Å². The van der Waals surface area contributed by atoms with Gasteiger partial charge < -0.3 is 0 Å². The molecule has 0 heterocycles. The van der Waals surface area contributed by atoms with Gasteiger partial charge in [0.1, 0.15) is 0 Å². The van der Waals surface area contributed by atoms with E-state index < -0.39 is 17.8 Å². The second kappa shape index (κ2) is 8.16. The Kier molecular flexibility index (Phi) is 8.15. The minimum absolute atomic E-state index is 0.359. The van der Waals surface area contributed by atoms with Crippen molar-refractivity contribution in [2.45, 2.75) is 32.0 Å². The van der Waals surface area contributed by atoms with Crippen molar-refractivity contribution in [1.29, 1.82) is 0 Å². The molecular weight excluding hydrogens is 234 g/mol. The predicted molar refractivity (Wildman–Crippen MR) is 52.5 cm³/mol. The first kappa shape index (κ1) is 15.0. The average molecular weight is 253 g/mol. The van der Waals surface area contributed by atoms with Gasteiger partial charge in [0.25, 0.3) is 0 Å². The summed E-state index contributed by atoms with van der Waals surface area (Å²) in [6, 6.07) is 0. The molecule has 15 heavy (non-hydrogen) atoms. The Morgan fingerprint density at radius 3 is 1.80 bits per heavy atom. The number of hydrogen-bond donors (Lipinski definition) is 0. The third-order valence-electron chi connectivity index (χ3n) is 1.79. The van der Waals surface area contributed by atoms with Crippen molar-refractivity contribution in [3.63, 3.8) is 0 Å². The van der Waals surface area contributed by atoms with Crippen molar-refractivity contribution in [2.24, 2.45) is 4.99 Å². The van der Waals surface area contributed by atoms with Crippen LogP contribution in [0.5, 0.6) is 0 Å². The fourth-order valence-electron chi connectivity index (χ4n) is 1.25. The molecule has 0 rings (SSSR count). The van der Waals surface area contributed by atoms with Crippen LogP contribution in [0.1, 0.15) is 27.7 Å². The van der Waals surface area contributed by atoms with Crippen LogP contribution < -0.4 is 0 Å². The number of aliphatic imine (C=N–C) groups is 1. The van der Waals surface area contributed by atoms with Gasteiger partial charge in [0, 0.05) is 0 Å². The Labute approximate surface area is 95.6 Å². The topological polar surface area (TPSA) is 57.1 Å². The first-order valence-electron chi connectivity index (χ1n) is 5.15. The number of nitrogens with zero attached hydrogens (tertiary/aromatic N) is 1. The molecule has 0 aliphatic carbocycles. The van der Waals surface area contributed by atoms with Crippen LogP contribution >= 0.6 is 0 Å². The maximum atomic E-state index is 10.2. The van der Waals surface area contributed by atoms with E-state index in [2.05, 4.69) is 4.99 Å². The van der Waals surface area contributed by atoms with Crippen LogP contribution in [0.15, 0.2) is 4.99 Å². The summed E-state index contributed by atoms with van der Waals surface area (Å²) in [5, 5.41) is 0. The number of carbonyl (C=O) groups excluding carboxylic acids is 1. The van der Waals surface area contributed by atoms with Gasteiger partial charge in [-0.25, -0.2) is 0 Å². The molecule has 0 amide bonds. The molecule has 0 fully saturated rings. The van der Waals surface area contributed by atoms with E-state index in [1.54, 1.807) is 6.92 Å². The van der Waals surface area contributed by atoms with Crippen LogP contribution in [0, 0.1) is 0 Å². The quantitative estimate of drug-likeness (QED) is 0.375. The summed E-state index contributed by atoms with van der Waals surface area (Å²) in [6.07, 6.45) is 1.53. The standard InChI is InChI=1S/C3H4NO.3C2H5O.Ti/c1-2-4-3-5;3*1-2-3;/h2H,1H3;3*2H2,1H3;/q;3*-1;+3. The summed E-state index contributed by atoms with van der Waals surface area (Å²) < 4.78 is 16.4. The Hall–Kier alpha value is -0.0257. The average Bonchev–Trinajstić information content (AvgIpc) is 2.19. The molecular formula is C9H19NO4Ti. The van der Waals surface area contributed by atoms with E-state index in [0.717, 1.165) is 0 Å². The summed E-state index contributed by atoms with van der Waals surface area (Å²) in [7, 11) is 0. The molecule has 5 nitrogen and oxygen atoms in total. The zero-order valence-corrected chi connectivity index (χ0v) is 11.3. The van der Waals surface area contributed by atoms with Gasteiger partial charge in [0.05, 0.1) is 0 Å². The molecule has 88 valence electrons. The Bertz CT molecular complexity index is 201. The third kappa shape index (κ3) is 4.55. The SMILES string of the molecule is CC[O][Ti]([O]CC)([O]CC)[CH](C)N=C=O. The summed E-state index contributed by atoms with van der Waals surface area (Å²) in [5.74, 6) is 0. The van der Waals surface area contributed by atoms with Crippen LogP contribution in [0.2, 0.25) is 0 Å². The Balaban J connectivity index is 4.80. The van der Waals surface area contributed by atoms with Crippen molar-refractivity contribution in [2.75, 3.05) is 19.8 Å². The number of hydrogen-bond acceptors (Lipinski definition) is 5. The molecule has 0 aliphatic heterocycles. The molecule has 0 bridgehead atoms. The molecule has 0 spiro atoms.